The second-order valence-electron chi connectivity index (χ2n) is 5.65. The molecule has 2 aliphatic rings. The van der Waals surface area contributed by atoms with Gasteiger partial charge in [-0.25, -0.2) is 9.78 Å². The number of urea groups is 1. The molecular formula is C15H21N3O2S. The van der Waals surface area contributed by atoms with Gasteiger partial charge in [-0.2, -0.15) is 0 Å². The fourth-order valence-corrected chi connectivity index (χ4v) is 3.75. The van der Waals surface area contributed by atoms with Crippen LogP contribution >= 0.6 is 11.3 Å². The average Bonchev–Trinajstić information content (AvgIpc) is 2.97. The molecule has 0 bridgehead atoms. The third kappa shape index (κ3) is 3.63. The number of nitrogens with zero attached hydrogens (tertiary/aromatic N) is 2. The first kappa shape index (κ1) is 14.5. The molecule has 0 atom stereocenters. The Kier molecular flexibility index (Phi) is 4.55. The molecule has 0 unspecified atom stereocenters. The molecule has 1 N–H and O–H groups in total. The maximum Gasteiger partial charge on any atom is 0.323 e. The molecule has 3 rings (SSSR count). The number of carbonyl (C=O) groups is 1. The minimum atomic E-state index is -0.0460. The monoisotopic (exact) mass is 307 g/mol. The normalized spacial score (nSPS) is 20.2. The van der Waals surface area contributed by atoms with E-state index in [0.29, 0.717) is 17.6 Å². The first-order valence-electron chi connectivity index (χ1n) is 7.47. The number of aromatic nitrogens is 1. The molecule has 0 aliphatic carbocycles. The lowest BCUT2D eigenvalue weighted by molar-refractivity contribution is 0.0860. The van der Waals surface area contributed by atoms with Gasteiger partial charge in [0.05, 0.1) is 0 Å². The fourth-order valence-electron chi connectivity index (χ4n) is 2.77. The fraction of sp³-hybridized carbons (Fsp3) is 0.600. The van der Waals surface area contributed by atoms with Gasteiger partial charge in [0.25, 0.3) is 0 Å². The van der Waals surface area contributed by atoms with E-state index in [-0.39, 0.29) is 6.03 Å². The summed E-state index contributed by atoms with van der Waals surface area (Å²) in [6, 6.07) is -0.0460. The number of ether oxygens (including phenoxy) is 1. The summed E-state index contributed by atoms with van der Waals surface area (Å²) in [6.07, 6.45) is 7.12. The molecule has 3 heterocycles. The van der Waals surface area contributed by atoms with Gasteiger partial charge in [0, 0.05) is 37.4 Å². The zero-order valence-corrected chi connectivity index (χ0v) is 13.1. The lowest BCUT2D eigenvalue weighted by Gasteiger charge is -2.25. The van der Waals surface area contributed by atoms with Gasteiger partial charge in [0.15, 0.2) is 5.13 Å². The number of anilines is 1. The molecule has 1 aromatic rings. The van der Waals surface area contributed by atoms with Crippen molar-refractivity contribution in [2.75, 3.05) is 31.6 Å². The van der Waals surface area contributed by atoms with Crippen molar-refractivity contribution >= 4 is 22.5 Å². The Labute approximate surface area is 129 Å². The van der Waals surface area contributed by atoms with E-state index in [1.807, 2.05) is 11.1 Å². The molecule has 6 heteroatoms. The van der Waals surface area contributed by atoms with Crippen LogP contribution in [-0.2, 0) is 4.74 Å². The second kappa shape index (κ2) is 6.58. The summed E-state index contributed by atoms with van der Waals surface area (Å²) in [7, 11) is 0. The van der Waals surface area contributed by atoms with E-state index in [0.717, 1.165) is 39.0 Å². The van der Waals surface area contributed by atoms with Crippen LogP contribution in [0.5, 0.6) is 0 Å². The van der Waals surface area contributed by atoms with Crippen molar-refractivity contribution < 1.29 is 9.53 Å². The lowest BCUT2D eigenvalue weighted by atomic mass is 9.99. The van der Waals surface area contributed by atoms with Crippen LogP contribution in [0.2, 0.25) is 0 Å². The third-order valence-electron chi connectivity index (χ3n) is 3.98. The Balaban J connectivity index is 1.59. The Morgan fingerprint density at radius 3 is 3.05 bits per heavy atom. The summed E-state index contributed by atoms with van der Waals surface area (Å²) in [4.78, 5) is 19.7. The van der Waals surface area contributed by atoms with Crippen molar-refractivity contribution in [2.45, 2.75) is 32.1 Å². The zero-order chi connectivity index (χ0) is 14.7. The maximum absolute atomic E-state index is 12.2. The van der Waals surface area contributed by atoms with Crippen LogP contribution < -0.4 is 5.32 Å². The number of thiazole rings is 1. The molecule has 0 aromatic carbocycles. The van der Waals surface area contributed by atoms with Crippen LogP contribution in [0.3, 0.4) is 0 Å². The molecule has 0 spiro atoms. The van der Waals surface area contributed by atoms with Gasteiger partial charge in [0.1, 0.15) is 0 Å². The van der Waals surface area contributed by atoms with Crippen LogP contribution in [0, 0.1) is 0 Å². The van der Waals surface area contributed by atoms with Crippen LogP contribution in [0.4, 0.5) is 9.93 Å². The van der Waals surface area contributed by atoms with E-state index < -0.39 is 0 Å². The van der Waals surface area contributed by atoms with Gasteiger partial charge >= 0.3 is 6.03 Å². The van der Waals surface area contributed by atoms with Crippen LogP contribution in [0.25, 0.3) is 0 Å². The van der Waals surface area contributed by atoms with Crippen LogP contribution in [0.15, 0.2) is 17.8 Å². The number of amides is 2. The SMILES string of the molecule is CC1=CCCN(C(=O)Nc2ncc(C3CCOCC3)s2)C1. The molecule has 2 amide bonds. The van der Waals surface area contributed by atoms with Gasteiger partial charge in [-0.1, -0.05) is 11.6 Å². The van der Waals surface area contributed by atoms with Gasteiger partial charge < -0.3 is 9.64 Å². The molecule has 1 fully saturated rings. The van der Waals surface area contributed by atoms with Gasteiger partial charge in [0.2, 0.25) is 0 Å². The Bertz CT molecular complexity index is 535. The smallest absolute Gasteiger partial charge is 0.323 e. The Morgan fingerprint density at radius 2 is 2.29 bits per heavy atom. The second-order valence-corrected chi connectivity index (χ2v) is 6.71. The predicted octanol–water partition coefficient (Wildman–Crippen LogP) is 3.22. The predicted molar refractivity (Wildman–Crippen MR) is 83.9 cm³/mol. The number of rotatable bonds is 2. The summed E-state index contributed by atoms with van der Waals surface area (Å²) >= 11 is 1.59. The first-order chi connectivity index (χ1) is 10.2. The number of nitrogens with one attached hydrogen (secondary N) is 1. The zero-order valence-electron chi connectivity index (χ0n) is 12.3. The molecule has 0 radical (unpaired) electrons. The maximum atomic E-state index is 12.2. The highest BCUT2D eigenvalue weighted by Crippen LogP contribution is 2.32. The van der Waals surface area contributed by atoms with Crippen molar-refractivity contribution in [3.05, 3.63) is 22.7 Å². The summed E-state index contributed by atoms with van der Waals surface area (Å²) in [5.41, 5.74) is 1.25. The summed E-state index contributed by atoms with van der Waals surface area (Å²) in [5, 5.41) is 3.63. The van der Waals surface area contributed by atoms with Crippen molar-refractivity contribution in [1.82, 2.24) is 9.88 Å². The first-order valence-corrected chi connectivity index (χ1v) is 8.29. The van der Waals surface area contributed by atoms with E-state index in [1.54, 1.807) is 11.3 Å². The highest BCUT2D eigenvalue weighted by Gasteiger charge is 2.21. The molecule has 1 saturated heterocycles. The van der Waals surface area contributed by atoms with E-state index in [1.165, 1.54) is 10.5 Å². The molecule has 21 heavy (non-hydrogen) atoms. The molecule has 114 valence electrons. The van der Waals surface area contributed by atoms with Crippen molar-refractivity contribution in [3.63, 3.8) is 0 Å². The molecule has 1 aromatic heterocycles. The standard InChI is InChI=1S/C15H21N3O2S/c1-11-3-2-6-18(10-11)15(19)17-14-16-9-13(21-14)12-4-7-20-8-5-12/h3,9,12H,2,4-8,10H2,1H3,(H,16,17,19). The van der Waals surface area contributed by atoms with Crippen LogP contribution in [0.1, 0.15) is 37.0 Å². The van der Waals surface area contributed by atoms with Crippen molar-refractivity contribution in [1.29, 1.82) is 0 Å². The summed E-state index contributed by atoms with van der Waals surface area (Å²) in [5.74, 6) is 0.530. The topological polar surface area (TPSA) is 54.5 Å². The molecule has 5 nitrogen and oxygen atoms in total. The lowest BCUT2D eigenvalue weighted by Crippen LogP contribution is -2.38. The quantitative estimate of drug-likeness (QED) is 0.854. The molecule has 0 saturated carbocycles. The minimum Gasteiger partial charge on any atom is -0.381 e. The van der Waals surface area contributed by atoms with Gasteiger partial charge in [-0.15, -0.1) is 11.3 Å². The van der Waals surface area contributed by atoms with E-state index >= 15 is 0 Å². The highest BCUT2D eigenvalue weighted by atomic mass is 32.1. The van der Waals surface area contributed by atoms with Crippen molar-refractivity contribution in [2.24, 2.45) is 0 Å². The third-order valence-corrected chi connectivity index (χ3v) is 5.06. The Hall–Kier alpha value is -1.40. The van der Waals surface area contributed by atoms with Gasteiger partial charge in [-0.05, 0) is 32.1 Å². The molecule has 2 aliphatic heterocycles. The van der Waals surface area contributed by atoms with E-state index in [2.05, 4.69) is 23.3 Å². The minimum absolute atomic E-state index is 0.0460. The van der Waals surface area contributed by atoms with E-state index in [4.69, 9.17) is 4.74 Å². The highest BCUT2D eigenvalue weighted by molar-refractivity contribution is 7.15. The average molecular weight is 307 g/mol. The number of hydrogen-bond donors (Lipinski definition) is 1. The summed E-state index contributed by atoms with van der Waals surface area (Å²) < 4.78 is 5.38. The number of hydrogen-bond acceptors (Lipinski definition) is 4. The summed E-state index contributed by atoms with van der Waals surface area (Å²) in [6.45, 7) is 5.20. The largest absolute Gasteiger partial charge is 0.381 e. The van der Waals surface area contributed by atoms with E-state index in [9.17, 15) is 4.79 Å². The van der Waals surface area contributed by atoms with Crippen LogP contribution in [-0.4, -0.2) is 42.2 Å². The molecular weight excluding hydrogens is 286 g/mol. The van der Waals surface area contributed by atoms with Crippen molar-refractivity contribution in [3.8, 4) is 0 Å². The Morgan fingerprint density at radius 1 is 1.48 bits per heavy atom. The van der Waals surface area contributed by atoms with Gasteiger partial charge in [-0.3, -0.25) is 5.32 Å². The number of carbonyl (C=O) groups excluding carboxylic acids is 1.